The zero-order chi connectivity index (χ0) is 27.0. The van der Waals surface area contributed by atoms with Crippen molar-refractivity contribution in [2.45, 2.75) is 39.0 Å². The maximum Gasteiger partial charge on any atom is 0.219 e. The van der Waals surface area contributed by atoms with E-state index in [2.05, 4.69) is 10.00 Å². The third kappa shape index (κ3) is 7.72. The molecule has 9 heteroatoms. The first kappa shape index (κ1) is 27.5. The number of carbonyl (C=O) groups is 1. The Morgan fingerprint density at radius 2 is 1.89 bits per heavy atom. The molecule has 1 fully saturated rings. The highest BCUT2D eigenvalue weighted by Gasteiger charge is 2.37. The van der Waals surface area contributed by atoms with Crippen molar-refractivity contribution in [1.29, 1.82) is 0 Å². The summed E-state index contributed by atoms with van der Waals surface area (Å²) < 4.78 is 19.4. The lowest BCUT2D eigenvalue weighted by Gasteiger charge is -2.32. The summed E-state index contributed by atoms with van der Waals surface area (Å²) in [7, 11) is 1.63. The van der Waals surface area contributed by atoms with Crippen LogP contribution in [0.4, 0.5) is 0 Å². The van der Waals surface area contributed by atoms with Gasteiger partial charge in [-0.15, -0.1) is 0 Å². The molecule has 2 aromatic carbocycles. The van der Waals surface area contributed by atoms with E-state index in [1.54, 1.807) is 18.2 Å². The van der Waals surface area contributed by atoms with E-state index in [-0.39, 0.29) is 19.1 Å². The lowest BCUT2D eigenvalue weighted by Crippen LogP contribution is -2.51. The molecule has 0 saturated carbocycles. The number of nitrogens with zero attached hydrogens (tertiary/aromatic N) is 4. The third-order valence-corrected chi connectivity index (χ3v) is 6.65. The molecular weight excluding hydrogens is 484 g/mol. The van der Waals surface area contributed by atoms with Crippen molar-refractivity contribution < 1.29 is 24.1 Å². The number of amides is 1. The minimum absolute atomic E-state index is 0.0594. The van der Waals surface area contributed by atoms with Gasteiger partial charge < -0.3 is 24.2 Å². The van der Waals surface area contributed by atoms with Crippen molar-refractivity contribution in [3.05, 3.63) is 72.1 Å². The highest BCUT2D eigenvalue weighted by atomic mass is 16.5. The number of carbonyl (C=O) groups excluding carboxylic acids is 1. The molecule has 38 heavy (non-hydrogen) atoms. The summed E-state index contributed by atoms with van der Waals surface area (Å²) in [6.45, 7) is 7.31. The SMILES string of the molecule is COc1ccc(CN2CCN(C(C)=O)CC(O)(COc3ccc(C)cc3)C2)cc1OCCCn1cccn1. The number of aromatic nitrogens is 2. The molecule has 1 aliphatic heterocycles. The molecular formula is C29H38N4O5. The molecule has 1 unspecified atom stereocenters. The monoisotopic (exact) mass is 522 g/mol. The summed E-state index contributed by atoms with van der Waals surface area (Å²) in [5, 5.41) is 15.8. The second kappa shape index (κ2) is 12.8. The quantitative estimate of drug-likeness (QED) is 0.387. The van der Waals surface area contributed by atoms with Crippen LogP contribution in [-0.4, -0.2) is 82.7 Å². The van der Waals surface area contributed by atoms with Crippen LogP contribution in [0, 0.1) is 6.92 Å². The van der Waals surface area contributed by atoms with Crippen molar-refractivity contribution in [2.24, 2.45) is 0 Å². The Balaban J connectivity index is 1.41. The molecule has 9 nitrogen and oxygen atoms in total. The van der Waals surface area contributed by atoms with Crippen molar-refractivity contribution in [2.75, 3.05) is 46.5 Å². The molecule has 1 aromatic heterocycles. The maximum absolute atomic E-state index is 12.3. The van der Waals surface area contributed by atoms with Gasteiger partial charge >= 0.3 is 0 Å². The number of aliphatic hydroxyl groups is 1. The van der Waals surface area contributed by atoms with Crippen LogP contribution in [-0.2, 0) is 17.9 Å². The molecule has 0 spiro atoms. The van der Waals surface area contributed by atoms with Crippen LogP contribution >= 0.6 is 0 Å². The van der Waals surface area contributed by atoms with E-state index in [1.165, 1.54) is 6.92 Å². The number of hydrogen-bond acceptors (Lipinski definition) is 7. The number of hydrogen-bond donors (Lipinski definition) is 1. The van der Waals surface area contributed by atoms with Crippen LogP contribution in [0.2, 0.25) is 0 Å². The van der Waals surface area contributed by atoms with Gasteiger partial charge in [-0.05, 0) is 42.8 Å². The number of β-amino-alcohol motifs (C(OH)–C–C–N with tert-alkyl or cyclic N) is 1. The average molecular weight is 523 g/mol. The molecule has 0 bridgehead atoms. The lowest BCUT2D eigenvalue weighted by molar-refractivity contribution is -0.132. The summed E-state index contributed by atoms with van der Waals surface area (Å²) >= 11 is 0. The van der Waals surface area contributed by atoms with Gasteiger partial charge in [0.2, 0.25) is 5.91 Å². The van der Waals surface area contributed by atoms with Crippen molar-refractivity contribution >= 4 is 5.91 Å². The Hall–Kier alpha value is -3.56. The van der Waals surface area contributed by atoms with Crippen LogP contribution in [0.15, 0.2) is 60.9 Å². The Morgan fingerprint density at radius 1 is 1.08 bits per heavy atom. The van der Waals surface area contributed by atoms with E-state index < -0.39 is 5.60 Å². The van der Waals surface area contributed by atoms with Crippen molar-refractivity contribution in [1.82, 2.24) is 19.6 Å². The fourth-order valence-electron chi connectivity index (χ4n) is 4.62. The molecule has 1 amide bonds. The smallest absolute Gasteiger partial charge is 0.219 e. The number of rotatable bonds is 11. The minimum Gasteiger partial charge on any atom is -0.493 e. The van der Waals surface area contributed by atoms with Gasteiger partial charge in [-0.1, -0.05) is 23.8 Å². The first-order valence-electron chi connectivity index (χ1n) is 13.0. The molecule has 3 aromatic rings. The summed E-state index contributed by atoms with van der Waals surface area (Å²) in [6, 6.07) is 15.5. The largest absolute Gasteiger partial charge is 0.493 e. The van der Waals surface area contributed by atoms with E-state index in [9.17, 15) is 9.90 Å². The molecule has 1 atom stereocenters. The lowest BCUT2D eigenvalue weighted by atomic mass is 10.0. The summed E-state index contributed by atoms with van der Waals surface area (Å²) in [5.74, 6) is 1.99. The fourth-order valence-corrected chi connectivity index (χ4v) is 4.62. The molecule has 0 radical (unpaired) electrons. The highest BCUT2D eigenvalue weighted by Crippen LogP contribution is 2.29. The molecule has 2 heterocycles. The van der Waals surface area contributed by atoms with E-state index in [1.807, 2.05) is 66.3 Å². The molecule has 1 N–H and O–H groups in total. The number of methoxy groups -OCH3 is 1. The van der Waals surface area contributed by atoms with Crippen LogP contribution in [0.5, 0.6) is 17.2 Å². The van der Waals surface area contributed by atoms with Gasteiger partial charge in [-0.25, -0.2) is 0 Å². The molecule has 1 saturated heterocycles. The molecule has 204 valence electrons. The van der Waals surface area contributed by atoms with Crippen molar-refractivity contribution in [3.8, 4) is 17.2 Å². The van der Waals surface area contributed by atoms with Gasteiger partial charge in [0.1, 0.15) is 18.0 Å². The number of benzene rings is 2. The Morgan fingerprint density at radius 3 is 2.61 bits per heavy atom. The van der Waals surface area contributed by atoms with Crippen molar-refractivity contribution in [3.63, 3.8) is 0 Å². The Bertz CT molecular complexity index is 1170. The van der Waals surface area contributed by atoms with Gasteiger partial charge in [0, 0.05) is 58.5 Å². The summed E-state index contributed by atoms with van der Waals surface area (Å²) in [5.41, 5.74) is 0.955. The molecule has 4 rings (SSSR count). The van der Waals surface area contributed by atoms with Crippen LogP contribution in [0.3, 0.4) is 0 Å². The molecule has 1 aliphatic rings. The van der Waals surface area contributed by atoms with Crippen LogP contribution in [0.25, 0.3) is 0 Å². The Kier molecular flexibility index (Phi) is 9.25. The Labute approximate surface area is 224 Å². The second-order valence-electron chi connectivity index (χ2n) is 9.93. The van der Waals surface area contributed by atoms with E-state index in [4.69, 9.17) is 14.2 Å². The first-order chi connectivity index (χ1) is 18.3. The zero-order valence-electron chi connectivity index (χ0n) is 22.5. The van der Waals surface area contributed by atoms with Crippen LogP contribution in [0.1, 0.15) is 24.5 Å². The third-order valence-electron chi connectivity index (χ3n) is 6.65. The second-order valence-corrected chi connectivity index (χ2v) is 9.93. The number of ether oxygens (including phenoxy) is 3. The van der Waals surface area contributed by atoms with Gasteiger partial charge in [-0.2, -0.15) is 5.10 Å². The van der Waals surface area contributed by atoms with Crippen LogP contribution < -0.4 is 14.2 Å². The van der Waals surface area contributed by atoms with Gasteiger partial charge in [0.15, 0.2) is 11.5 Å². The predicted octanol–water partition coefficient (Wildman–Crippen LogP) is 3.14. The van der Waals surface area contributed by atoms with E-state index >= 15 is 0 Å². The topological polar surface area (TPSA) is 89.3 Å². The maximum atomic E-state index is 12.3. The fraction of sp³-hybridized carbons (Fsp3) is 0.448. The zero-order valence-corrected chi connectivity index (χ0v) is 22.5. The summed E-state index contributed by atoms with van der Waals surface area (Å²) in [6.07, 6.45) is 4.51. The standard InChI is InChI=1S/C29H38N4O5/c1-23-6-9-26(10-7-23)38-22-29(35)20-31(15-16-32(21-29)24(2)34)19-25-8-11-27(36-3)28(18-25)37-17-5-14-33-13-4-12-30-33/h4,6-13,18,35H,5,14-17,19-22H2,1-3H3. The van der Waals surface area contributed by atoms with E-state index in [0.29, 0.717) is 50.0 Å². The number of aryl methyl sites for hydroxylation is 2. The van der Waals surface area contributed by atoms with Gasteiger partial charge in [-0.3, -0.25) is 14.4 Å². The summed E-state index contributed by atoms with van der Waals surface area (Å²) in [4.78, 5) is 16.1. The van der Waals surface area contributed by atoms with Gasteiger partial charge in [0.05, 0.1) is 20.3 Å². The predicted molar refractivity (Wildman–Crippen MR) is 144 cm³/mol. The normalized spacial score (nSPS) is 18.2. The first-order valence-corrected chi connectivity index (χ1v) is 13.0. The highest BCUT2D eigenvalue weighted by molar-refractivity contribution is 5.73. The minimum atomic E-state index is -1.22. The average Bonchev–Trinajstić information content (AvgIpc) is 3.36. The molecule has 0 aliphatic carbocycles. The van der Waals surface area contributed by atoms with E-state index in [0.717, 1.165) is 24.1 Å². The van der Waals surface area contributed by atoms with Gasteiger partial charge in [0.25, 0.3) is 0 Å².